The van der Waals surface area contributed by atoms with Crippen molar-refractivity contribution >= 4 is 5.91 Å². The summed E-state index contributed by atoms with van der Waals surface area (Å²) in [5, 5.41) is 9.04. The molecular formula is C14H19N3O2. The summed E-state index contributed by atoms with van der Waals surface area (Å²) in [6.07, 6.45) is 5.79. The largest absolute Gasteiger partial charge is 0.387 e. The van der Waals surface area contributed by atoms with Crippen LogP contribution < -0.4 is 0 Å². The van der Waals surface area contributed by atoms with E-state index in [0.29, 0.717) is 0 Å². The van der Waals surface area contributed by atoms with Gasteiger partial charge in [0.15, 0.2) is 0 Å². The van der Waals surface area contributed by atoms with E-state index in [4.69, 9.17) is 5.11 Å². The number of aliphatic hydroxyl groups is 1. The van der Waals surface area contributed by atoms with Crippen molar-refractivity contribution in [3.8, 4) is 0 Å². The molecule has 1 amide bonds. The molecule has 1 aromatic heterocycles. The fourth-order valence-electron chi connectivity index (χ4n) is 3.36. The highest BCUT2D eigenvalue weighted by molar-refractivity contribution is 5.78. The van der Waals surface area contributed by atoms with E-state index < -0.39 is 0 Å². The predicted octanol–water partition coefficient (Wildman–Crippen LogP) is 0.249. The highest BCUT2D eigenvalue weighted by Gasteiger charge is 2.41. The Kier molecular flexibility index (Phi) is 3.48. The van der Waals surface area contributed by atoms with Crippen LogP contribution in [0.1, 0.15) is 18.4 Å². The van der Waals surface area contributed by atoms with Gasteiger partial charge in [0.1, 0.15) is 6.61 Å². The maximum atomic E-state index is 11.7. The summed E-state index contributed by atoms with van der Waals surface area (Å²) in [6.45, 7) is 2.33. The zero-order chi connectivity index (χ0) is 13.2. The number of aliphatic hydroxyl groups excluding tert-OH is 1. The topological polar surface area (TPSA) is 56.7 Å². The molecule has 5 heteroatoms. The lowest BCUT2D eigenvalue weighted by Gasteiger charge is -2.40. The Balaban J connectivity index is 1.66. The van der Waals surface area contributed by atoms with E-state index in [1.54, 1.807) is 6.20 Å². The molecule has 0 aromatic carbocycles. The molecule has 0 saturated carbocycles. The van der Waals surface area contributed by atoms with Crippen molar-refractivity contribution in [2.45, 2.75) is 31.5 Å². The molecule has 3 rings (SSSR count). The van der Waals surface area contributed by atoms with Crippen molar-refractivity contribution in [3.63, 3.8) is 0 Å². The molecule has 0 radical (unpaired) electrons. The van der Waals surface area contributed by atoms with Gasteiger partial charge in [-0.15, -0.1) is 0 Å². The van der Waals surface area contributed by atoms with Crippen LogP contribution in [-0.4, -0.2) is 57.6 Å². The lowest BCUT2D eigenvalue weighted by Crippen LogP contribution is -2.56. The van der Waals surface area contributed by atoms with E-state index in [2.05, 4.69) is 16.0 Å². The molecule has 1 N–H and O–H groups in total. The summed E-state index contributed by atoms with van der Waals surface area (Å²) < 4.78 is 0. The number of hydrogen-bond donors (Lipinski definition) is 1. The van der Waals surface area contributed by atoms with Crippen molar-refractivity contribution in [2.24, 2.45) is 0 Å². The molecule has 2 fully saturated rings. The van der Waals surface area contributed by atoms with Crippen molar-refractivity contribution < 1.29 is 9.90 Å². The minimum Gasteiger partial charge on any atom is -0.387 e. The minimum absolute atomic E-state index is 0.117. The minimum atomic E-state index is -0.365. The van der Waals surface area contributed by atoms with Gasteiger partial charge >= 0.3 is 0 Å². The number of carbonyl (C=O) groups excluding carboxylic acids is 1. The van der Waals surface area contributed by atoms with Crippen LogP contribution in [0.5, 0.6) is 0 Å². The van der Waals surface area contributed by atoms with E-state index in [9.17, 15) is 4.79 Å². The lowest BCUT2D eigenvalue weighted by atomic mass is 10.1. The standard InChI is InChI=1S/C14H19N3O2/c18-10-14(19)17-12-3-4-13(17)9-16(8-12)7-11-2-1-5-15-6-11/h1-2,5-6,12-13,18H,3-4,7-10H2. The Hall–Kier alpha value is -1.46. The molecule has 102 valence electrons. The van der Waals surface area contributed by atoms with Crippen LogP contribution in [-0.2, 0) is 11.3 Å². The van der Waals surface area contributed by atoms with Gasteiger partial charge in [-0.25, -0.2) is 0 Å². The monoisotopic (exact) mass is 261 g/mol. The van der Waals surface area contributed by atoms with Gasteiger partial charge in [0.25, 0.3) is 0 Å². The van der Waals surface area contributed by atoms with Crippen molar-refractivity contribution in [2.75, 3.05) is 19.7 Å². The number of hydrogen-bond acceptors (Lipinski definition) is 4. The van der Waals surface area contributed by atoms with E-state index in [1.165, 1.54) is 5.56 Å². The first-order valence-corrected chi connectivity index (χ1v) is 6.81. The van der Waals surface area contributed by atoms with Crippen molar-refractivity contribution in [3.05, 3.63) is 30.1 Å². The van der Waals surface area contributed by atoms with E-state index in [1.807, 2.05) is 17.2 Å². The first-order valence-electron chi connectivity index (χ1n) is 6.81. The summed E-state index contributed by atoms with van der Waals surface area (Å²) >= 11 is 0. The van der Waals surface area contributed by atoms with Crippen molar-refractivity contribution in [1.29, 1.82) is 0 Å². The van der Waals surface area contributed by atoms with Crippen LogP contribution >= 0.6 is 0 Å². The first kappa shape index (κ1) is 12.6. The van der Waals surface area contributed by atoms with E-state index in [0.717, 1.165) is 32.5 Å². The number of amides is 1. The average Bonchev–Trinajstić information content (AvgIpc) is 2.71. The highest BCUT2D eigenvalue weighted by atomic mass is 16.3. The Morgan fingerprint density at radius 2 is 2.11 bits per heavy atom. The molecule has 2 aliphatic heterocycles. The van der Waals surface area contributed by atoms with Crippen LogP contribution in [0.25, 0.3) is 0 Å². The Bertz CT molecular complexity index is 437. The van der Waals surface area contributed by atoms with E-state index >= 15 is 0 Å². The summed E-state index contributed by atoms with van der Waals surface area (Å²) in [5.41, 5.74) is 1.21. The van der Waals surface area contributed by atoms with Gasteiger partial charge in [0.05, 0.1) is 0 Å². The SMILES string of the molecule is O=C(CO)N1C2CCC1CN(Cc1cccnc1)C2. The quantitative estimate of drug-likeness (QED) is 0.847. The smallest absolute Gasteiger partial charge is 0.248 e. The molecular weight excluding hydrogens is 242 g/mol. The number of aromatic nitrogens is 1. The third kappa shape index (κ3) is 2.48. The summed E-state index contributed by atoms with van der Waals surface area (Å²) in [5.74, 6) is -0.117. The summed E-state index contributed by atoms with van der Waals surface area (Å²) in [7, 11) is 0. The van der Waals surface area contributed by atoms with Crippen LogP contribution in [0.4, 0.5) is 0 Å². The molecule has 19 heavy (non-hydrogen) atoms. The van der Waals surface area contributed by atoms with Gasteiger partial charge in [-0.05, 0) is 24.5 Å². The summed E-state index contributed by atoms with van der Waals surface area (Å²) in [4.78, 5) is 20.2. The van der Waals surface area contributed by atoms with E-state index in [-0.39, 0.29) is 24.6 Å². The number of nitrogens with zero attached hydrogens (tertiary/aromatic N) is 3. The Labute approximate surface area is 112 Å². The van der Waals surface area contributed by atoms with Gasteiger partial charge in [-0.1, -0.05) is 6.07 Å². The molecule has 2 bridgehead atoms. The molecule has 0 aliphatic carbocycles. The molecule has 5 nitrogen and oxygen atoms in total. The van der Waals surface area contributed by atoms with Gasteiger partial charge in [0.2, 0.25) is 5.91 Å². The van der Waals surface area contributed by atoms with Crippen LogP contribution in [0, 0.1) is 0 Å². The molecule has 2 atom stereocenters. The Morgan fingerprint density at radius 3 is 2.68 bits per heavy atom. The average molecular weight is 261 g/mol. The molecule has 3 heterocycles. The molecule has 2 unspecified atom stereocenters. The van der Waals surface area contributed by atoms with Crippen LogP contribution in [0.15, 0.2) is 24.5 Å². The third-order valence-electron chi connectivity index (χ3n) is 4.11. The second-order valence-corrected chi connectivity index (χ2v) is 5.40. The second-order valence-electron chi connectivity index (χ2n) is 5.40. The van der Waals surface area contributed by atoms with Gasteiger partial charge in [-0.3, -0.25) is 14.7 Å². The Morgan fingerprint density at radius 1 is 1.37 bits per heavy atom. The zero-order valence-electron chi connectivity index (χ0n) is 10.9. The number of piperazine rings is 1. The number of likely N-dealkylation sites (tertiary alicyclic amines) is 1. The maximum absolute atomic E-state index is 11.7. The number of pyridine rings is 1. The molecule has 0 spiro atoms. The molecule has 2 aliphatic rings. The number of rotatable bonds is 3. The number of carbonyl (C=O) groups is 1. The molecule has 1 aromatic rings. The van der Waals surface area contributed by atoms with Gasteiger partial charge in [0, 0.05) is 44.1 Å². The zero-order valence-corrected chi connectivity index (χ0v) is 10.9. The molecule has 2 saturated heterocycles. The van der Waals surface area contributed by atoms with Crippen LogP contribution in [0.3, 0.4) is 0 Å². The third-order valence-corrected chi connectivity index (χ3v) is 4.11. The fraction of sp³-hybridized carbons (Fsp3) is 0.571. The number of fused-ring (bicyclic) bond motifs is 2. The predicted molar refractivity (Wildman–Crippen MR) is 70.3 cm³/mol. The normalized spacial score (nSPS) is 26.7. The van der Waals surface area contributed by atoms with Crippen LogP contribution in [0.2, 0.25) is 0 Å². The summed E-state index contributed by atoms with van der Waals surface area (Å²) in [6, 6.07) is 4.58. The lowest BCUT2D eigenvalue weighted by molar-refractivity contribution is -0.140. The maximum Gasteiger partial charge on any atom is 0.248 e. The van der Waals surface area contributed by atoms with Gasteiger partial charge in [-0.2, -0.15) is 0 Å². The first-order chi connectivity index (χ1) is 9.28. The highest BCUT2D eigenvalue weighted by Crippen LogP contribution is 2.30. The van der Waals surface area contributed by atoms with Gasteiger partial charge < -0.3 is 10.0 Å². The fourth-order valence-corrected chi connectivity index (χ4v) is 3.36. The van der Waals surface area contributed by atoms with Crippen molar-refractivity contribution in [1.82, 2.24) is 14.8 Å². The second kappa shape index (κ2) is 5.27.